The van der Waals surface area contributed by atoms with E-state index in [1.165, 1.54) is 19.1 Å². The maximum absolute atomic E-state index is 12.3. The Morgan fingerprint density at radius 1 is 1.05 bits per heavy atom. The zero-order chi connectivity index (χ0) is 16.0. The van der Waals surface area contributed by atoms with Crippen molar-refractivity contribution in [2.75, 3.05) is 33.3 Å². The highest BCUT2D eigenvalue weighted by atomic mass is 16.5. The van der Waals surface area contributed by atoms with Crippen LogP contribution < -0.4 is 9.64 Å². The number of benzene rings is 1. The van der Waals surface area contributed by atoms with Gasteiger partial charge in [-0.25, -0.2) is 0 Å². The van der Waals surface area contributed by atoms with Crippen LogP contribution in [-0.2, 0) is 23.9 Å². The summed E-state index contributed by atoms with van der Waals surface area (Å²) in [6, 6.07) is 6.64. The predicted molar refractivity (Wildman–Crippen MR) is 73.9 cm³/mol. The number of anilines is 1. The summed E-state index contributed by atoms with van der Waals surface area (Å²) >= 11 is 0. The molecule has 0 N–H and O–H groups in total. The number of ether oxygens (including phenoxy) is 3. The average Bonchev–Trinajstić information content (AvgIpc) is 2.53. The van der Waals surface area contributed by atoms with Gasteiger partial charge < -0.3 is 19.1 Å². The largest absolute Gasteiger partial charge is 0.497 e. The molecule has 0 saturated heterocycles. The van der Waals surface area contributed by atoms with Gasteiger partial charge in [-0.05, 0) is 12.1 Å². The number of esters is 2. The molecule has 1 aromatic rings. The summed E-state index contributed by atoms with van der Waals surface area (Å²) in [5, 5.41) is 0. The number of rotatable bonds is 5. The second kappa shape index (κ2) is 7.28. The fourth-order valence-corrected chi connectivity index (χ4v) is 1.67. The van der Waals surface area contributed by atoms with E-state index in [1.807, 2.05) is 0 Å². The summed E-state index contributed by atoms with van der Waals surface area (Å²) in [5.41, 5.74) is 0.470. The zero-order valence-corrected chi connectivity index (χ0v) is 12.3. The van der Waals surface area contributed by atoms with Crippen molar-refractivity contribution in [3.05, 3.63) is 24.3 Å². The third kappa shape index (κ3) is 3.71. The third-order valence-electron chi connectivity index (χ3n) is 2.89. The van der Waals surface area contributed by atoms with Crippen molar-refractivity contribution in [2.24, 2.45) is 5.92 Å². The molecule has 0 spiro atoms. The molecule has 0 aromatic heterocycles. The van der Waals surface area contributed by atoms with Gasteiger partial charge in [-0.15, -0.1) is 0 Å². The van der Waals surface area contributed by atoms with E-state index < -0.39 is 23.8 Å². The van der Waals surface area contributed by atoms with Gasteiger partial charge in [0.05, 0.1) is 21.3 Å². The molecule has 21 heavy (non-hydrogen) atoms. The number of methoxy groups -OCH3 is 3. The Balaban J connectivity index is 3.07. The lowest BCUT2D eigenvalue weighted by Gasteiger charge is -2.21. The Labute approximate surface area is 122 Å². The number of nitrogens with zero attached hydrogens (tertiary/aromatic N) is 1. The first-order chi connectivity index (χ1) is 9.96. The van der Waals surface area contributed by atoms with E-state index in [9.17, 15) is 14.4 Å². The summed E-state index contributed by atoms with van der Waals surface area (Å²) in [5.74, 6) is -3.80. The highest BCUT2D eigenvalue weighted by Crippen LogP contribution is 2.21. The number of hydrogen-bond donors (Lipinski definition) is 0. The van der Waals surface area contributed by atoms with Crippen LogP contribution in [0.5, 0.6) is 5.75 Å². The second-order valence-corrected chi connectivity index (χ2v) is 4.08. The van der Waals surface area contributed by atoms with Crippen molar-refractivity contribution in [1.82, 2.24) is 0 Å². The summed E-state index contributed by atoms with van der Waals surface area (Å²) in [6.07, 6.45) is 0. The van der Waals surface area contributed by atoms with Crippen molar-refractivity contribution >= 4 is 23.5 Å². The van der Waals surface area contributed by atoms with E-state index in [0.717, 1.165) is 14.2 Å². The van der Waals surface area contributed by atoms with Crippen LogP contribution in [0.4, 0.5) is 5.69 Å². The van der Waals surface area contributed by atoms with Crippen LogP contribution in [0, 0.1) is 5.92 Å². The van der Waals surface area contributed by atoms with Crippen LogP contribution in [0.3, 0.4) is 0 Å². The van der Waals surface area contributed by atoms with Crippen LogP contribution in [-0.4, -0.2) is 46.2 Å². The Hall–Kier alpha value is -2.57. The van der Waals surface area contributed by atoms with E-state index >= 15 is 0 Å². The Morgan fingerprint density at radius 2 is 1.62 bits per heavy atom. The molecular weight excluding hydrogens is 278 g/mol. The molecule has 0 fully saturated rings. The topological polar surface area (TPSA) is 82.1 Å². The third-order valence-corrected chi connectivity index (χ3v) is 2.89. The highest BCUT2D eigenvalue weighted by Gasteiger charge is 2.38. The van der Waals surface area contributed by atoms with Crippen molar-refractivity contribution in [3.63, 3.8) is 0 Å². The highest BCUT2D eigenvalue weighted by molar-refractivity contribution is 6.18. The van der Waals surface area contributed by atoms with Gasteiger partial charge in [0.25, 0.3) is 5.91 Å². The second-order valence-electron chi connectivity index (χ2n) is 4.08. The summed E-state index contributed by atoms with van der Waals surface area (Å²) in [7, 11) is 5.12. The lowest BCUT2D eigenvalue weighted by Crippen LogP contribution is -2.42. The SMILES string of the molecule is COC(=O)C(C(=O)OC)C(=O)N(C)c1cccc(OC)c1. The summed E-state index contributed by atoms with van der Waals surface area (Å²) in [4.78, 5) is 36.7. The summed E-state index contributed by atoms with van der Waals surface area (Å²) in [6.45, 7) is 0. The zero-order valence-electron chi connectivity index (χ0n) is 12.3. The van der Waals surface area contributed by atoms with Gasteiger partial charge in [-0.1, -0.05) is 6.07 Å². The molecule has 7 nitrogen and oxygen atoms in total. The van der Waals surface area contributed by atoms with Gasteiger partial charge in [-0.2, -0.15) is 0 Å². The van der Waals surface area contributed by atoms with Crippen LogP contribution in [0.15, 0.2) is 24.3 Å². The maximum Gasteiger partial charge on any atom is 0.329 e. The van der Waals surface area contributed by atoms with Crippen LogP contribution >= 0.6 is 0 Å². The molecule has 0 heterocycles. The van der Waals surface area contributed by atoms with E-state index in [2.05, 4.69) is 9.47 Å². The Kier molecular flexibility index (Phi) is 5.71. The number of carbonyl (C=O) groups excluding carboxylic acids is 3. The van der Waals surface area contributed by atoms with Crippen molar-refractivity contribution in [2.45, 2.75) is 0 Å². The van der Waals surface area contributed by atoms with E-state index in [1.54, 1.807) is 24.3 Å². The Morgan fingerprint density at radius 3 is 2.10 bits per heavy atom. The monoisotopic (exact) mass is 295 g/mol. The molecule has 1 rings (SSSR count). The van der Waals surface area contributed by atoms with Crippen LogP contribution in [0.1, 0.15) is 0 Å². The minimum atomic E-state index is -1.66. The lowest BCUT2D eigenvalue weighted by molar-refractivity contribution is -0.161. The molecule has 0 saturated carbocycles. The first-order valence-corrected chi connectivity index (χ1v) is 6.03. The molecule has 114 valence electrons. The molecule has 0 unspecified atom stereocenters. The van der Waals surface area contributed by atoms with Crippen molar-refractivity contribution in [3.8, 4) is 5.75 Å². The normalized spacial score (nSPS) is 9.95. The minimum absolute atomic E-state index is 0.470. The molecule has 1 aromatic carbocycles. The van der Waals surface area contributed by atoms with Gasteiger partial charge in [0.2, 0.25) is 5.92 Å². The van der Waals surface area contributed by atoms with Crippen LogP contribution in [0.2, 0.25) is 0 Å². The number of carbonyl (C=O) groups is 3. The molecule has 7 heteroatoms. The number of hydrogen-bond acceptors (Lipinski definition) is 6. The first-order valence-electron chi connectivity index (χ1n) is 6.03. The summed E-state index contributed by atoms with van der Waals surface area (Å²) < 4.78 is 14.0. The first kappa shape index (κ1) is 16.5. The number of amides is 1. The lowest BCUT2D eigenvalue weighted by atomic mass is 10.1. The molecular formula is C14H17NO6. The van der Waals surface area contributed by atoms with Gasteiger partial charge in [-0.3, -0.25) is 14.4 Å². The van der Waals surface area contributed by atoms with Crippen molar-refractivity contribution < 1.29 is 28.6 Å². The van der Waals surface area contributed by atoms with E-state index in [-0.39, 0.29) is 0 Å². The molecule has 0 atom stereocenters. The van der Waals surface area contributed by atoms with E-state index in [0.29, 0.717) is 11.4 Å². The predicted octanol–water partition coefficient (Wildman–Crippen LogP) is 0.620. The molecule has 1 amide bonds. The minimum Gasteiger partial charge on any atom is -0.497 e. The molecule has 0 aliphatic heterocycles. The van der Waals surface area contributed by atoms with Gasteiger partial charge in [0, 0.05) is 18.8 Å². The van der Waals surface area contributed by atoms with Crippen molar-refractivity contribution in [1.29, 1.82) is 0 Å². The molecule has 0 aliphatic carbocycles. The van der Waals surface area contributed by atoms with Gasteiger partial charge >= 0.3 is 11.9 Å². The molecule has 0 aliphatic rings. The quantitative estimate of drug-likeness (QED) is 0.585. The average molecular weight is 295 g/mol. The smallest absolute Gasteiger partial charge is 0.329 e. The van der Waals surface area contributed by atoms with Gasteiger partial charge in [0.1, 0.15) is 5.75 Å². The molecule has 0 radical (unpaired) electrons. The van der Waals surface area contributed by atoms with Crippen LogP contribution in [0.25, 0.3) is 0 Å². The maximum atomic E-state index is 12.3. The molecule has 0 bridgehead atoms. The fourth-order valence-electron chi connectivity index (χ4n) is 1.67. The Bertz CT molecular complexity index is 526. The van der Waals surface area contributed by atoms with E-state index in [4.69, 9.17) is 4.74 Å². The standard InChI is InChI=1S/C14H17NO6/c1-15(9-6-5-7-10(8-9)19-2)12(16)11(13(17)20-3)14(18)21-4/h5-8,11H,1-4H3. The van der Waals surface area contributed by atoms with Gasteiger partial charge in [0.15, 0.2) is 0 Å². The fraction of sp³-hybridized carbons (Fsp3) is 0.357.